The Morgan fingerprint density at radius 3 is 2.21 bits per heavy atom. The van der Waals surface area contributed by atoms with Crippen LogP contribution in [0.3, 0.4) is 0 Å². The third-order valence-electron chi connectivity index (χ3n) is 1.55. The Labute approximate surface area is 81.4 Å². The molecule has 0 bridgehead atoms. The maximum absolute atomic E-state index is 11.2. The predicted octanol–water partition coefficient (Wildman–Crippen LogP) is -0.383. The number of carboxylic acid groups (broad SMARTS) is 1. The van der Waals surface area contributed by atoms with Crippen LogP contribution in [0, 0.1) is 6.92 Å². The first-order valence-corrected chi connectivity index (χ1v) is 5.20. The third kappa shape index (κ3) is 2.46. The van der Waals surface area contributed by atoms with Crippen molar-refractivity contribution < 1.29 is 18.3 Å². The molecule has 0 fully saturated rings. The second-order valence-electron chi connectivity index (χ2n) is 2.71. The molecule has 6 heteroatoms. The van der Waals surface area contributed by atoms with Gasteiger partial charge in [0.05, 0.1) is 4.90 Å². The number of hydrogen-bond donors (Lipinski definition) is 1. The molecule has 0 spiro atoms. The molecule has 1 N–H and O–H groups in total. The molecule has 0 aliphatic carbocycles. The largest absolute Gasteiger partial charge is 0.529 e. The minimum atomic E-state index is -3.99. The van der Waals surface area contributed by atoms with Gasteiger partial charge in [-0.25, -0.2) is 8.42 Å². The van der Waals surface area contributed by atoms with Gasteiger partial charge in [0.25, 0.3) is 10.0 Å². The molecule has 1 amide bonds. The third-order valence-corrected chi connectivity index (χ3v) is 2.88. The highest BCUT2D eigenvalue weighted by atomic mass is 32.2. The van der Waals surface area contributed by atoms with Crippen molar-refractivity contribution in [2.24, 2.45) is 0 Å². The molecule has 5 nitrogen and oxygen atoms in total. The first-order valence-electron chi connectivity index (χ1n) is 3.72. The quantitative estimate of drug-likeness (QED) is 0.726. The van der Waals surface area contributed by atoms with Crippen LogP contribution in [0.25, 0.3) is 0 Å². The number of carbonyl (C=O) groups is 1. The summed E-state index contributed by atoms with van der Waals surface area (Å²) in [5, 5.41) is 10.1. The number of aryl methyl sites for hydroxylation is 1. The summed E-state index contributed by atoms with van der Waals surface area (Å²) in [6.07, 6.45) is -1.84. The van der Waals surface area contributed by atoms with Gasteiger partial charge in [0.15, 0.2) is 0 Å². The molecular formula is C8H8NO4S-. The second-order valence-corrected chi connectivity index (χ2v) is 4.39. The van der Waals surface area contributed by atoms with Crippen molar-refractivity contribution in [2.75, 3.05) is 0 Å². The van der Waals surface area contributed by atoms with E-state index in [-0.39, 0.29) is 4.90 Å². The molecule has 1 rings (SSSR count). The average molecular weight is 214 g/mol. The molecule has 0 aliphatic heterocycles. The second kappa shape index (κ2) is 3.67. The van der Waals surface area contributed by atoms with Crippen LogP contribution in [-0.4, -0.2) is 14.5 Å². The number of hydrogen-bond acceptors (Lipinski definition) is 4. The van der Waals surface area contributed by atoms with Crippen LogP contribution in [0.15, 0.2) is 29.2 Å². The Hall–Kier alpha value is -1.56. The summed E-state index contributed by atoms with van der Waals surface area (Å²) in [5.41, 5.74) is 0.886. The van der Waals surface area contributed by atoms with E-state index < -0.39 is 16.1 Å². The zero-order valence-corrected chi connectivity index (χ0v) is 8.17. The Morgan fingerprint density at radius 1 is 1.29 bits per heavy atom. The molecule has 0 radical (unpaired) electrons. The first-order chi connectivity index (χ1) is 6.42. The van der Waals surface area contributed by atoms with Gasteiger partial charge in [-0.15, -0.1) is 0 Å². The molecule has 0 heterocycles. The standard InChI is InChI=1S/C8H9NO4S/c1-6-2-4-7(5-3-6)14(12,13)9-8(10)11/h2-5,9H,1H3,(H,10,11)/p-1. The van der Waals surface area contributed by atoms with E-state index in [9.17, 15) is 18.3 Å². The van der Waals surface area contributed by atoms with Gasteiger partial charge in [0.2, 0.25) is 0 Å². The SMILES string of the molecule is Cc1ccc(S(=O)(=O)NC(=O)[O-])cc1. The van der Waals surface area contributed by atoms with E-state index in [1.807, 2.05) is 0 Å². The molecule has 0 unspecified atom stereocenters. The van der Waals surface area contributed by atoms with Gasteiger partial charge in [-0.1, -0.05) is 17.7 Å². The van der Waals surface area contributed by atoms with Crippen molar-refractivity contribution in [3.05, 3.63) is 29.8 Å². The Bertz CT molecular complexity index is 435. The van der Waals surface area contributed by atoms with Crippen molar-refractivity contribution in [1.82, 2.24) is 4.72 Å². The lowest BCUT2D eigenvalue weighted by molar-refractivity contribution is -0.247. The van der Waals surface area contributed by atoms with Crippen LogP contribution in [0.5, 0.6) is 0 Å². The topological polar surface area (TPSA) is 86.3 Å². The van der Waals surface area contributed by atoms with Gasteiger partial charge in [0.1, 0.15) is 6.09 Å². The number of rotatable bonds is 2. The lowest BCUT2D eigenvalue weighted by Crippen LogP contribution is -2.40. The summed E-state index contributed by atoms with van der Waals surface area (Å²) in [5.74, 6) is 0. The molecule has 0 atom stereocenters. The van der Waals surface area contributed by atoms with Crippen LogP contribution in [0.4, 0.5) is 4.79 Å². The van der Waals surface area contributed by atoms with Crippen molar-refractivity contribution in [3.8, 4) is 0 Å². The van der Waals surface area contributed by atoms with E-state index in [4.69, 9.17) is 0 Å². The van der Waals surface area contributed by atoms with Crippen molar-refractivity contribution in [3.63, 3.8) is 0 Å². The fourth-order valence-corrected chi connectivity index (χ4v) is 1.72. The summed E-state index contributed by atoms with van der Waals surface area (Å²) >= 11 is 0. The van der Waals surface area contributed by atoms with Gasteiger partial charge < -0.3 is 9.90 Å². The van der Waals surface area contributed by atoms with E-state index >= 15 is 0 Å². The Balaban J connectivity index is 3.05. The molecular weight excluding hydrogens is 206 g/mol. The van der Waals surface area contributed by atoms with Gasteiger partial charge in [-0.2, -0.15) is 0 Å². The van der Waals surface area contributed by atoms with Crippen molar-refractivity contribution in [1.29, 1.82) is 0 Å². The molecule has 14 heavy (non-hydrogen) atoms. The molecule has 1 aromatic rings. The molecule has 76 valence electrons. The van der Waals surface area contributed by atoms with Gasteiger partial charge >= 0.3 is 0 Å². The van der Waals surface area contributed by atoms with E-state index in [1.165, 1.54) is 16.9 Å². The zero-order valence-electron chi connectivity index (χ0n) is 7.35. The predicted molar refractivity (Wildman–Crippen MR) is 46.9 cm³/mol. The summed E-state index contributed by atoms with van der Waals surface area (Å²) in [6, 6.07) is 5.79. The van der Waals surface area contributed by atoms with E-state index in [0.29, 0.717) is 0 Å². The van der Waals surface area contributed by atoms with Crippen molar-refractivity contribution in [2.45, 2.75) is 11.8 Å². The number of nitrogens with one attached hydrogen (secondary N) is 1. The summed E-state index contributed by atoms with van der Waals surface area (Å²) in [7, 11) is -3.99. The van der Waals surface area contributed by atoms with Crippen LogP contribution in [0.2, 0.25) is 0 Å². The van der Waals surface area contributed by atoms with E-state index in [2.05, 4.69) is 0 Å². The van der Waals surface area contributed by atoms with Crippen molar-refractivity contribution >= 4 is 16.1 Å². The van der Waals surface area contributed by atoms with Gasteiger partial charge in [-0.05, 0) is 19.1 Å². The molecule has 1 aromatic carbocycles. The average Bonchev–Trinajstić information content (AvgIpc) is 2.02. The number of benzene rings is 1. The van der Waals surface area contributed by atoms with Crippen LogP contribution < -0.4 is 9.83 Å². The maximum atomic E-state index is 11.2. The molecule has 0 aromatic heterocycles. The fraction of sp³-hybridized carbons (Fsp3) is 0.125. The Morgan fingerprint density at radius 2 is 1.79 bits per heavy atom. The lowest BCUT2D eigenvalue weighted by Gasteiger charge is -2.07. The van der Waals surface area contributed by atoms with E-state index in [0.717, 1.165) is 5.56 Å². The highest BCUT2D eigenvalue weighted by Crippen LogP contribution is 2.09. The summed E-state index contributed by atoms with van der Waals surface area (Å²) < 4.78 is 23.8. The monoisotopic (exact) mass is 214 g/mol. The summed E-state index contributed by atoms with van der Waals surface area (Å²) in [6.45, 7) is 1.79. The van der Waals surface area contributed by atoms with Crippen LogP contribution in [0.1, 0.15) is 5.56 Å². The van der Waals surface area contributed by atoms with Crippen LogP contribution in [-0.2, 0) is 10.0 Å². The number of carbonyl (C=O) groups excluding carboxylic acids is 1. The van der Waals surface area contributed by atoms with Gasteiger partial charge in [-0.3, -0.25) is 4.72 Å². The smallest absolute Gasteiger partial charge is 0.262 e. The minimum Gasteiger partial charge on any atom is -0.529 e. The maximum Gasteiger partial charge on any atom is 0.262 e. The number of amides is 1. The zero-order chi connectivity index (χ0) is 10.8. The van der Waals surface area contributed by atoms with E-state index in [1.54, 1.807) is 19.1 Å². The lowest BCUT2D eigenvalue weighted by atomic mass is 10.2. The normalized spacial score (nSPS) is 10.9. The molecule has 0 saturated heterocycles. The Kier molecular flexibility index (Phi) is 2.76. The van der Waals surface area contributed by atoms with Gasteiger partial charge in [0, 0.05) is 0 Å². The molecule has 0 saturated carbocycles. The minimum absolute atomic E-state index is 0.104. The number of sulfonamides is 1. The summed E-state index contributed by atoms with van der Waals surface area (Å²) in [4.78, 5) is 9.95. The van der Waals surface area contributed by atoms with Crippen LogP contribution >= 0.6 is 0 Å². The molecule has 0 aliphatic rings. The fourth-order valence-electron chi connectivity index (χ4n) is 0.886. The first kappa shape index (κ1) is 10.5. The highest BCUT2D eigenvalue weighted by Gasteiger charge is 2.12. The highest BCUT2D eigenvalue weighted by molar-refractivity contribution is 7.90.